The minimum Gasteiger partial charge on any atom is -0.491 e. The van der Waals surface area contributed by atoms with Crippen molar-refractivity contribution < 1.29 is 9.53 Å². The van der Waals surface area contributed by atoms with Gasteiger partial charge in [0.15, 0.2) is 0 Å². The quantitative estimate of drug-likeness (QED) is 0.819. The summed E-state index contributed by atoms with van der Waals surface area (Å²) in [5, 5.41) is 4.31. The van der Waals surface area contributed by atoms with E-state index in [-0.39, 0.29) is 18.3 Å². The van der Waals surface area contributed by atoms with Crippen molar-refractivity contribution in [1.29, 1.82) is 0 Å². The van der Waals surface area contributed by atoms with Gasteiger partial charge in [-0.15, -0.1) is 12.4 Å². The van der Waals surface area contributed by atoms with E-state index in [4.69, 9.17) is 27.9 Å². The maximum Gasteiger partial charge on any atom is 0.236 e. The lowest BCUT2D eigenvalue weighted by atomic mass is 10.3. The monoisotopic (exact) mass is 381 g/mol. The second-order valence-corrected chi connectivity index (χ2v) is 6.14. The van der Waals surface area contributed by atoms with E-state index < -0.39 is 0 Å². The lowest BCUT2D eigenvalue weighted by Gasteiger charge is -2.29. The highest BCUT2D eigenvalue weighted by Gasteiger charge is 2.17. The molecule has 1 aromatic carbocycles. The molecule has 0 radical (unpaired) electrons. The second-order valence-electron chi connectivity index (χ2n) is 5.29. The molecule has 8 heteroatoms. The first-order valence-corrected chi connectivity index (χ1v) is 8.07. The van der Waals surface area contributed by atoms with Crippen LogP contribution in [0.15, 0.2) is 18.2 Å². The lowest BCUT2D eigenvalue weighted by Crippen LogP contribution is -2.49. The number of benzene rings is 1. The minimum absolute atomic E-state index is 0. The third kappa shape index (κ3) is 6.73. The molecule has 1 heterocycles. The van der Waals surface area contributed by atoms with Gasteiger partial charge in [-0.2, -0.15) is 0 Å². The standard InChI is InChI=1S/C15H21Cl2N3O2.ClH/c1-19(11-15(21)20-6-4-18-5-7-20)8-9-22-14-3-2-12(16)10-13(14)17;/h2-3,10,18H,4-9,11H2,1H3;1H. The normalized spacial score (nSPS) is 14.5. The number of nitrogens with one attached hydrogen (secondary N) is 1. The van der Waals surface area contributed by atoms with Gasteiger partial charge in [0.1, 0.15) is 12.4 Å². The van der Waals surface area contributed by atoms with E-state index in [9.17, 15) is 4.79 Å². The number of likely N-dealkylation sites (N-methyl/N-ethyl adjacent to an activating group) is 1. The van der Waals surface area contributed by atoms with Crippen LogP contribution in [0.25, 0.3) is 0 Å². The molecule has 1 fully saturated rings. The third-order valence-corrected chi connectivity index (χ3v) is 4.03. The lowest BCUT2D eigenvalue weighted by molar-refractivity contribution is -0.132. The number of amides is 1. The Hall–Kier alpha value is -0.720. The summed E-state index contributed by atoms with van der Waals surface area (Å²) in [7, 11) is 1.91. The van der Waals surface area contributed by atoms with E-state index in [1.54, 1.807) is 18.2 Å². The van der Waals surface area contributed by atoms with Gasteiger partial charge in [0.2, 0.25) is 5.91 Å². The Bertz CT molecular complexity index is 511. The average molecular weight is 383 g/mol. The van der Waals surface area contributed by atoms with Crippen LogP contribution in [0.4, 0.5) is 0 Å². The van der Waals surface area contributed by atoms with Crippen LogP contribution < -0.4 is 10.1 Å². The number of ether oxygens (including phenoxy) is 1. The fraction of sp³-hybridized carbons (Fsp3) is 0.533. The molecule has 0 atom stereocenters. The highest BCUT2D eigenvalue weighted by molar-refractivity contribution is 6.35. The van der Waals surface area contributed by atoms with Gasteiger partial charge < -0.3 is 15.0 Å². The smallest absolute Gasteiger partial charge is 0.236 e. The van der Waals surface area contributed by atoms with Gasteiger partial charge in [0.25, 0.3) is 0 Å². The summed E-state index contributed by atoms with van der Waals surface area (Å²) in [4.78, 5) is 16.0. The zero-order valence-corrected chi connectivity index (χ0v) is 15.4. The molecule has 0 bridgehead atoms. The molecule has 5 nitrogen and oxygen atoms in total. The van der Waals surface area contributed by atoms with Gasteiger partial charge in [0, 0.05) is 37.7 Å². The Morgan fingerprint density at radius 1 is 1.35 bits per heavy atom. The number of carbonyl (C=O) groups is 1. The summed E-state index contributed by atoms with van der Waals surface area (Å²) >= 11 is 11.9. The van der Waals surface area contributed by atoms with E-state index in [1.165, 1.54) is 0 Å². The van der Waals surface area contributed by atoms with Crippen molar-refractivity contribution in [1.82, 2.24) is 15.1 Å². The van der Waals surface area contributed by atoms with E-state index >= 15 is 0 Å². The SMILES string of the molecule is CN(CCOc1ccc(Cl)cc1Cl)CC(=O)N1CCNCC1.Cl. The fourth-order valence-corrected chi connectivity index (χ4v) is 2.69. The van der Waals surface area contributed by atoms with Crippen LogP contribution in [0, 0.1) is 0 Å². The van der Waals surface area contributed by atoms with Crippen LogP contribution in [-0.2, 0) is 4.79 Å². The Morgan fingerprint density at radius 2 is 2.04 bits per heavy atom. The van der Waals surface area contributed by atoms with Crippen LogP contribution in [0.3, 0.4) is 0 Å². The maximum absolute atomic E-state index is 12.1. The molecule has 1 aromatic rings. The average Bonchev–Trinajstić information content (AvgIpc) is 2.50. The Labute approximate surface area is 153 Å². The summed E-state index contributed by atoms with van der Waals surface area (Å²) in [6, 6.07) is 5.13. The van der Waals surface area contributed by atoms with Gasteiger partial charge in [-0.1, -0.05) is 23.2 Å². The van der Waals surface area contributed by atoms with Crippen LogP contribution in [0.1, 0.15) is 0 Å². The van der Waals surface area contributed by atoms with Crippen molar-refractivity contribution in [2.45, 2.75) is 0 Å². The molecule has 1 aliphatic heterocycles. The number of rotatable bonds is 6. The van der Waals surface area contributed by atoms with Gasteiger partial charge in [-0.05, 0) is 25.2 Å². The third-order valence-electron chi connectivity index (χ3n) is 3.50. The number of piperazine rings is 1. The molecule has 0 unspecified atom stereocenters. The van der Waals surface area contributed by atoms with Crippen molar-refractivity contribution in [2.24, 2.45) is 0 Å². The van der Waals surface area contributed by atoms with Gasteiger partial charge >= 0.3 is 0 Å². The molecule has 130 valence electrons. The van der Waals surface area contributed by atoms with Crippen LogP contribution in [0.5, 0.6) is 5.75 Å². The van der Waals surface area contributed by atoms with Crippen molar-refractivity contribution >= 4 is 41.5 Å². The molecule has 23 heavy (non-hydrogen) atoms. The van der Waals surface area contributed by atoms with E-state index in [2.05, 4.69) is 5.32 Å². The summed E-state index contributed by atoms with van der Waals surface area (Å²) in [5.41, 5.74) is 0. The number of halogens is 3. The van der Waals surface area contributed by atoms with Crippen molar-refractivity contribution in [3.63, 3.8) is 0 Å². The molecular formula is C15H22Cl3N3O2. The molecule has 0 aliphatic carbocycles. The Morgan fingerprint density at radius 3 is 2.70 bits per heavy atom. The number of hydrogen-bond acceptors (Lipinski definition) is 4. The molecular weight excluding hydrogens is 361 g/mol. The number of carbonyl (C=O) groups excluding carboxylic acids is 1. The van der Waals surface area contributed by atoms with Gasteiger partial charge in [-0.25, -0.2) is 0 Å². The Balaban J connectivity index is 0.00000264. The summed E-state index contributed by atoms with van der Waals surface area (Å²) < 4.78 is 5.62. The van der Waals surface area contributed by atoms with Gasteiger partial charge in [0.05, 0.1) is 11.6 Å². The van der Waals surface area contributed by atoms with Crippen LogP contribution in [0.2, 0.25) is 10.0 Å². The second kappa shape index (κ2) is 10.2. The summed E-state index contributed by atoms with van der Waals surface area (Å²) in [5.74, 6) is 0.765. The van der Waals surface area contributed by atoms with E-state index in [0.717, 1.165) is 26.2 Å². The predicted octanol–water partition coefficient (Wildman–Crippen LogP) is 2.16. The largest absolute Gasteiger partial charge is 0.491 e. The first-order valence-electron chi connectivity index (χ1n) is 7.31. The fourth-order valence-electron chi connectivity index (χ4n) is 2.23. The van der Waals surface area contributed by atoms with Crippen molar-refractivity contribution in [3.05, 3.63) is 28.2 Å². The summed E-state index contributed by atoms with van der Waals surface area (Å²) in [6.07, 6.45) is 0. The maximum atomic E-state index is 12.1. The minimum atomic E-state index is 0. The number of nitrogens with zero attached hydrogens (tertiary/aromatic N) is 2. The molecule has 1 saturated heterocycles. The highest BCUT2D eigenvalue weighted by Crippen LogP contribution is 2.27. The predicted molar refractivity (Wildman–Crippen MR) is 96.2 cm³/mol. The zero-order valence-electron chi connectivity index (χ0n) is 13.1. The van der Waals surface area contributed by atoms with Crippen molar-refractivity contribution in [2.75, 3.05) is 52.9 Å². The topological polar surface area (TPSA) is 44.8 Å². The molecule has 0 spiro atoms. The first kappa shape index (κ1) is 20.3. The molecule has 0 aromatic heterocycles. The molecule has 2 rings (SSSR count). The highest BCUT2D eigenvalue weighted by atomic mass is 35.5. The number of hydrogen-bond donors (Lipinski definition) is 1. The van der Waals surface area contributed by atoms with Crippen LogP contribution in [-0.4, -0.2) is 68.6 Å². The van der Waals surface area contributed by atoms with E-state index in [0.29, 0.717) is 35.5 Å². The van der Waals surface area contributed by atoms with Crippen LogP contribution >= 0.6 is 35.6 Å². The van der Waals surface area contributed by atoms with E-state index in [1.807, 2.05) is 16.8 Å². The van der Waals surface area contributed by atoms with Gasteiger partial charge in [-0.3, -0.25) is 9.69 Å². The molecule has 0 saturated carbocycles. The molecule has 1 aliphatic rings. The first-order chi connectivity index (χ1) is 10.6. The Kier molecular flexibility index (Phi) is 9.02. The summed E-state index contributed by atoms with van der Waals surface area (Å²) in [6.45, 7) is 4.82. The van der Waals surface area contributed by atoms with Crippen molar-refractivity contribution in [3.8, 4) is 5.75 Å². The molecule has 1 amide bonds. The molecule has 1 N–H and O–H groups in total. The zero-order chi connectivity index (χ0) is 15.9.